The molecule has 0 spiro atoms. The third-order valence-electron chi connectivity index (χ3n) is 4.18. The van der Waals surface area contributed by atoms with E-state index in [9.17, 15) is 21.6 Å². The van der Waals surface area contributed by atoms with Crippen molar-refractivity contribution in [3.63, 3.8) is 0 Å². The Balaban J connectivity index is 2.03. The van der Waals surface area contributed by atoms with Crippen LogP contribution in [0.5, 0.6) is 0 Å². The van der Waals surface area contributed by atoms with Gasteiger partial charge >= 0.3 is 0 Å². The molecule has 0 aliphatic heterocycles. The number of nitrogens with two attached hydrogens (primary N) is 1. The van der Waals surface area contributed by atoms with Gasteiger partial charge in [0.15, 0.2) is 0 Å². The van der Waals surface area contributed by atoms with Crippen molar-refractivity contribution in [3.8, 4) is 0 Å². The van der Waals surface area contributed by atoms with Crippen LogP contribution in [0.15, 0.2) is 58.3 Å². The molecule has 0 radical (unpaired) electrons. The lowest BCUT2D eigenvalue weighted by Crippen LogP contribution is -2.39. The summed E-state index contributed by atoms with van der Waals surface area (Å²) in [5.74, 6) is -0.485. The quantitative estimate of drug-likeness (QED) is 0.688. The van der Waals surface area contributed by atoms with Gasteiger partial charge in [-0.2, -0.15) is 4.31 Å². The molecule has 0 aromatic heterocycles. The van der Waals surface area contributed by atoms with Crippen LogP contribution in [-0.4, -0.2) is 40.6 Å². The van der Waals surface area contributed by atoms with E-state index in [1.54, 1.807) is 19.1 Å². The van der Waals surface area contributed by atoms with Gasteiger partial charge in [-0.05, 0) is 43.7 Å². The Morgan fingerprint density at radius 2 is 1.50 bits per heavy atom. The molecule has 0 unspecified atom stereocenters. The largest absolute Gasteiger partial charge is 0.348 e. The van der Waals surface area contributed by atoms with E-state index in [4.69, 9.17) is 5.14 Å². The molecule has 0 saturated heterocycles. The molecule has 2 rings (SSSR count). The number of sulfonamides is 2. The first-order valence-corrected chi connectivity index (χ1v) is 11.3. The van der Waals surface area contributed by atoms with Gasteiger partial charge in [0.1, 0.15) is 0 Å². The van der Waals surface area contributed by atoms with Crippen molar-refractivity contribution < 1.29 is 21.6 Å². The molecular formula is C18H23N3O5S2. The van der Waals surface area contributed by atoms with Crippen LogP contribution in [-0.2, 0) is 24.8 Å². The monoisotopic (exact) mass is 425 g/mol. The molecule has 10 heteroatoms. The number of likely N-dealkylation sites (N-methyl/N-ethyl adjacent to an activating group) is 1. The summed E-state index contributed by atoms with van der Waals surface area (Å²) in [6.07, 6.45) is 0. The minimum absolute atomic E-state index is 0.0290. The molecule has 0 bridgehead atoms. The van der Waals surface area contributed by atoms with E-state index in [1.807, 2.05) is 6.92 Å². The number of primary sulfonamides is 1. The van der Waals surface area contributed by atoms with Crippen molar-refractivity contribution in [2.45, 2.75) is 29.7 Å². The van der Waals surface area contributed by atoms with Crippen LogP contribution in [0.25, 0.3) is 0 Å². The fourth-order valence-electron chi connectivity index (χ4n) is 2.49. The molecule has 1 amide bonds. The lowest BCUT2D eigenvalue weighted by Gasteiger charge is -2.19. The number of amides is 1. The molecule has 152 valence electrons. The molecule has 0 saturated carbocycles. The van der Waals surface area contributed by atoms with Crippen LogP contribution >= 0.6 is 0 Å². The Morgan fingerprint density at radius 3 is 2.00 bits per heavy atom. The first-order chi connectivity index (χ1) is 12.9. The average Bonchev–Trinajstić information content (AvgIpc) is 2.61. The van der Waals surface area contributed by atoms with E-state index in [1.165, 1.54) is 43.4 Å². The average molecular weight is 426 g/mol. The van der Waals surface area contributed by atoms with E-state index >= 15 is 0 Å². The Kier molecular flexibility index (Phi) is 6.60. The van der Waals surface area contributed by atoms with Gasteiger partial charge in [0.05, 0.1) is 22.4 Å². The summed E-state index contributed by atoms with van der Waals surface area (Å²) in [4.78, 5) is 12.3. The lowest BCUT2D eigenvalue weighted by molar-refractivity contribution is -0.121. The van der Waals surface area contributed by atoms with Gasteiger partial charge in [0.2, 0.25) is 26.0 Å². The normalized spacial score (nSPS) is 13.3. The topological polar surface area (TPSA) is 127 Å². The first-order valence-electron chi connectivity index (χ1n) is 8.36. The van der Waals surface area contributed by atoms with Crippen molar-refractivity contribution in [1.82, 2.24) is 9.62 Å². The predicted molar refractivity (Wildman–Crippen MR) is 105 cm³/mol. The van der Waals surface area contributed by atoms with Crippen LogP contribution in [0, 0.1) is 6.92 Å². The molecule has 2 aromatic carbocycles. The zero-order valence-electron chi connectivity index (χ0n) is 15.8. The Morgan fingerprint density at radius 1 is 1.00 bits per heavy atom. The van der Waals surface area contributed by atoms with Crippen LogP contribution in [0.1, 0.15) is 24.1 Å². The number of hydrogen-bond donors (Lipinski definition) is 2. The zero-order chi connectivity index (χ0) is 21.1. The summed E-state index contributed by atoms with van der Waals surface area (Å²) >= 11 is 0. The van der Waals surface area contributed by atoms with Crippen LogP contribution < -0.4 is 10.5 Å². The van der Waals surface area contributed by atoms with Gasteiger partial charge in [-0.3, -0.25) is 4.79 Å². The second-order valence-corrected chi connectivity index (χ2v) is 10.1. The summed E-state index contributed by atoms with van der Waals surface area (Å²) in [7, 11) is -6.24. The molecule has 0 aliphatic rings. The number of rotatable bonds is 7. The third kappa shape index (κ3) is 5.38. The molecule has 0 fully saturated rings. The Hall–Kier alpha value is -2.27. The molecule has 8 nitrogen and oxygen atoms in total. The van der Waals surface area contributed by atoms with Crippen molar-refractivity contribution >= 4 is 26.0 Å². The highest BCUT2D eigenvalue weighted by molar-refractivity contribution is 7.89. The Labute approximate surface area is 165 Å². The highest BCUT2D eigenvalue weighted by Gasteiger charge is 2.23. The highest BCUT2D eigenvalue weighted by Crippen LogP contribution is 2.17. The molecule has 0 aliphatic carbocycles. The molecule has 3 N–H and O–H groups in total. The Bertz CT molecular complexity index is 1050. The van der Waals surface area contributed by atoms with Crippen molar-refractivity contribution in [2.24, 2.45) is 5.14 Å². The first kappa shape index (κ1) is 22.0. The van der Waals surface area contributed by atoms with E-state index in [-0.39, 0.29) is 16.3 Å². The number of carbonyl (C=O) groups is 1. The smallest absolute Gasteiger partial charge is 0.243 e. The fourth-order valence-corrected chi connectivity index (χ4v) is 4.14. The summed E-state index contributed by atoms with van der Waals surface area (Å²) in [5, 5.41) is 7.75. The summed E-state index contributed by atoms with van der Waals surface area (Å²) < 4.78 is 48.6. The van der Waals surface area contributed by atoms with E-state index in [2.05, 4.69) is 5.32 Å². The summed E-state index contributed by atoms with van der Waals surface area (Å²) in [6, 6.07) is 11.7. The fraction of sp³-hybridized carbons (Fsp3) is 0.278. The van der Waals surface area contributed by atoms with Crippen molar-refractivity contribution in [3.05, 3.63) is 59.7 Å². The minimum Gasteiger partial charge on any atom is -0.348 e. The van der Waals surface area contributed by atoms with Gasteiger partial charge in [-0.15, -0.1) is 0 Å². The van der Waals surface area contributed by atoms with E-state index in [0.717, 1.165) is 9.87 Å². The maximum absolute atomic E-state index is 12.5. The molecule has 1 atom stereocenters. The number of benzene rings is 2. The lowest BCUT2D eigenvalue weighted by atomic mass is 10.1. The van der Waals surface area contributed by atoms with Gasteiger partial charge in [0.25, 0.3) is 0 Å². The van der Waals surface area contributed by atoms with E-state index in [0.29, 0.717) is 5.56 Å². The standard InChI is InChI=1S/C18H23N3O5S2/c1-13-4-8-17(9-5-13)28(25,26)21(3)12-18(22)20-14(2)15-6-10-16(11-7-15)27(19,23)24/h4-11,14H,12H2,1-3H3,(H,20,22)(H2,19,23,24)/t14-/m1/s1. The van der Waals surface area contributed by atoms with Crippen molar-refractivity contribution in [2.75, 3.05) is 13.6 Å². The number of hydrogen-bond acceptors (Lipinski definition) is 5. The highest BCUT2D eigenvalue weighted by atomic mass is 32.2. The number of carbonyl (C=O) groups excluding carboxylic acids is 1. The van der Waals surface area contributed by atoms with Gasteiger partial charge in [-0.1, -0.05) is 29.8 Å². The second-order valence-electron chi connectivity index (χ2n) is 6.48. The van der Waals surface area contributed by atoms with Crippen LogP contribution in [0.3, 0.4) is 0 Å². The maximum atomic E-state index is 12.5. The maximum Gasteiger partial charge on any atom is 0.243 e. The predicted octanol–water partition coefficient (Wildman–Crippen LogP) is 1.14. The van der Waals surface area contributed by atoms with E-state index < -0.39 is 32.0 Å². The molecule has 28 heavy (non-hydrogen) atoms. The summed E-state index contributed by atoms with van der Waals surface area (Å²) in [5.41, 5.74) is 1.59. The molecular weight excluding hydrogens is 402 g/mol. The number of aryl methyl sites for hydroxylation is 1. The van der Waals surface area contributed by atoms with Crippen LogP contribution in [0.2, 0.25) is 0 Å². The third-order valence-corrected chi connectivity index (χ3v) is 6.93. The van der Waals surface area contributed by atoms with Crippen LogP contribution in [0.4, 0.5) is 0 Å². The van der Waals surface area contributed by atoms with Crippen molar-refractivity contribution in [1.29, 1.82) is 0 Å². The van der Waals surface area contributed by atoms with Gasteiger partial charge in [0, 0.05) is 7.05 Å². The molecule has 2 aromatic rings. The van der Waals surface area contributed by atoms with Gasteiger partial charge < -0.3 is 5.32 Å². The summed E-state index contributed by atoms with van der Waals surface area (Å²) in [6.45, 7) is 3.21. The zero-order valence-corrected chi connectivity index (χ0v) is 17.4. The number of nitrogens with one attached hydrogen (secondary N) is 1. The van der Waals surface area contributed by atoms with Gasteiger partial charge in [-0.25, -0.2) is 22.0 Å². The SMILES string of the molecule is Cc1ccc(S(=O)(=O)N(C)CC(=O)N[C@H](C)c2ccc(S(N)(=O)=O)cc2)cc1. The molecule has 0 heterocycles. The number of nitrogens with zero attached hydrogens (tertiary/aromatic N) is 1. The minimum atomic E-state index is -3.79. The second kappa shape index (κ2) is 8.39.